The Balaban J connectivity index is 1.97. The molecule has 0 aromatic rings. The highest BCUT2D eigenvalue weighted by Gasteiger charge is 2.49. The summed E-state index contributed by atoms with van der Waals surface area (Å²) in [6.07, 6.45) is 20.5. The van der Waals surface area contributed by atoms with Crippen LogP contribution in [0.4, 0.5) is 0 Å². The molecule has 0 aromatic carbocycles. The summed E-state index contributed by atoms with van der Waals surface area (Å²) in [5, 5.41) is 19.0. The Kier molecular flexibility index (Phi) is 11.5. The van der Waals surface area contributed by atoms with Crippen molar-refractivity contribution in [2.24, 2.45) is 11.8 Å². The zero-order valence-corrected chi connectivity index (χ0v) is 18.6. The van der Waals surface area contributed by atoms with Gasteiger partial charge in [0.2, 0.25) is 0 Å². The van der Waals surface area contributed by atoms with Gasteiger partial charge < -0.3 is 19.5 Å². The van der Waals surface area contributed by atoms with Crippen LogP contribution in [-0.4, -0.2) is 41.6 Å². The summed E-state index contributed by atoms with van der Waals surface area (Å²) in [6, 6.07) is 0. The van der Waals surface area contributed by atoms with Crippen molar-refractivity contribution >= 4 is 13.1 Å². The van der Waals surface area contributed by atoms with Crippen molar-refractivity contribution in [2.75, 3.05) is 0 Å². The number of hydrogen-bond acceptors (Lipinski definition) is 4. The third kappa shape index (κ3) is 8.40. The Bertz CT molecular complexity index is 588. The van der Waals surface area contributed by atoms with Crippen LogP contribution in [0.5, 0.6) is 0 Å². The number of carboxylic acids is 1. The van der Waals surface area contributed by atoms with Gasteiger partial charge in [0.15, 0.2) is 0 Å². The lowest BCUT2D eigenvalue weighted by Gasteiger charge is -2.27. The average molecular weight is 418 g/mol. The van der Waals surface area contributed by atoms with E-state index in [9.17, 15) is 9.90 Å². The van der Waals surface area contributed by atoms with Crippen LogP contribution in [0.3, 0.4) is 0 Å². The molecule has 1 heterocycles. The van der Waals surface area contributed by atoms with Crippen molar-refractivity contribution in [3.8, 4) is 0 Å². The fraction of sp³-hybridized carbons (Fsp3) is 0.708. The van der Waals surface area contributed by atoms with E-state index in [2.05, 4.69) is 38.2 Å². The third-order valence-corrected chi connectivity index (χ3v) is 5.98. The summed E-state index contributed by atoms with van der Waals surface area (Å²) in [6.45, 7) is 4.26. The molecule has 0 radical (unpaired) electrons. The Labute approximate surface area is 182 Å². The Morgan fingerprint density at radius 3 is 2.67 bits per heavy atom. The molecule has 0 amide bonds. The smallest absolute Gasteiger partial charge is 0.457 e. The number of hydrogen-bond donors (Lipinski definition) is 2. The normalized spacial score (nSPS) is 27.6. The minimum absolute atomic E-state index is 0.119. The van der Waals surface area contributed by atoms with Crippen LogP contribution in [0.25, 0.3) is 0 Å². The molecule has 2 N–H and O–H groups in total. The highest BCUT2D eigenvalue weighted by atomic mass is 16.6. The van der Waals surface area contributed by atoms with E-state index in [1.165, 1.54) is 0 Å². The zero-order chi connectivity index (χ0) is 21.8. The van der Waals surface area contributed by atoms with E-state index in [1.54, 1.807) is 0 Å². The fourth-order valence-electron chi connectivity index (χ4n) is 4.37. The molecule has 30 heavy (non-hydrogen) atoms. The molecule has 2 fully saturated rings. The predicted octanol–water partition coefficient (Wildman–Crippen LogP) is 5.17. The molecule has 5 nitrogen and oxygen atoms in total. The molecule has 168 valence electrons. The van der Waals surface area contributed by atoms with Crippen molar-refractivity contribution in [2.45, 2.75) is 96.3 Å². The number of carboxylic acid groups (broad SMARTS) is 1. The van der Waals surface area contributed by atoms with Gasteiger partial charge in [-0.05, 0) is 50.8 Å². The van der Waals surface area contributed by atoms with E-state index in [-0.39, 0.29) is 31.7 Å². The first-order valence-corrected chi connectivity index (χ1v) is 11.7. The van der Waals surface area contributed by atoms with Crippen molar-refractivity contribution in [3.63, 3.8) is 0 Å². The second kappa shape index (κ2) is 13.8. The zero-order valence-electron chi connectivity index (χ0n) is 18.6. The number of carbonyl (C=O) groups is 1. The Morgan fingerprint density at radius 1 is 1.13 bits per heavy atom. The van der Waals surface area contributed by atoms with Crippen LogP contribution < -0.4 is 0 Å². The third-order valence-electron chi connectivity index (χ3n) is 5.98. The van der Waals surface area contributed by atoms with Crippen molar-refractivity contribution in [1.82, 2.24) is 0 Å². The van der Waals surface area contributed by atoms with Gasteiger partial charge in [-0.2, -0.15) is 0 Å². The molecule has 2 rings (SSSR count). The molecule has 1 saturated carbocycles. The molecule has 1 aliphatic heterocycles. The number of aliphatic hydroxyl groups is 1. The van der Waals surface area contributed by atoms with Gasteiger partial charge in [-0.25, -0.2) is 0 Å². The first-order valence-electron chi connectivity index (χ1n) is 11.7. The second-order valence-electron chi connectivity index (χ2n) is 8.46. The van der Waals surface area contributed by atoms with Crippen molar-refractivity contribution in [3.05, 3.63) is 36.5 Å². The maximum Gasteiger partial charge on any atom is 0.457 e. The molecule has 0 spiro atoms. The summed E-state index contributed by atoms with van der Waals surface area (Å²) in [7, 11) is -0.119. The lowest BCUT2D eigenvalue weighted by atomic mass is 9.80. The van der Waals surface area contributed by atoms with Gasteiger partial charge in [0.25, 0.3) is 0 Å². The number of fused-ring (bicyclic) bond motifs is 2. The van der Waals surface area contributed by atoms with E-state index in [1.807, 2.05) is 12.2 Å². The van der Waals surface area contributed by atoms with Crippen LogP contribution in [0.15, 0.2) is 36.5 Å². The molecule has 0 aromatic heterocycles. The lowest BCUT2D eigenvalue weighted by molar-refractivity contribution is -0.137. The summed E-state index contributed by atoms with van der Waals surface area (Å²) < 4.78 is 12.5. The van der Waals surface area contributed by atoms with E-state index in [0.717, 1.165) is 44.8 Å². The second-order valence-corrected chi connectivity index (χ2v) is 8.46. The SMILES string of the molecule is CC/C=C\C[C@H](O)/C=C/[C@@H]1[C@@H](C/C=C\CCCC(=O)O)[C@@H]2C[C@H]1OB(CCCC)O2. The molecular formula is C24H39BO5. The molecule has 2 aliphatic rings. The summed E-state index contributed by atoms with van der Waals surface area (Å²) in [5.41, 5.74) is 0. The largest absolute Gasteiger partial charge is 0.481 e. The van der Waals surface area contributed by atoms with Crippen molar-refractivity contribution in [1.29, 1.82) is 0 Å². The lowest BCUT2D eigenvalue weighted by Crippen LogP contribution is -2.37. The minimum Gasteiger partial charge on any atom is -0.481 e. The van der Waals surface area contributed by atoms with Gasteiger partial charge in [0.1, 0.15) is 0 Å². The van der Waals surface area contributed by atoms with E-state index in [4.69, 9.17) is 14.4 Å². The molecule has 0 unspecified atom stereocenters. The maximum absolute atomic E-state index is 10.6. The van der Waals surface area contributed by atoms with Crippen molar-refractivity contribution < 1.29 is 24.3 Å². The van der Waals surface area contributed by atoms with Gasteiger partial charge in [0.05, 0.1) is 12.2 Å². The van der Waals surface area contributed by atoms with Crippen LogP contribution in [0, 0.1) is 11.8 Å². The van der Waals surface area contributed by atoms with E-state index >= 15 is 0 Å². The number of unbranched alkanes of at least 4 members (excludes halogenated alkanes) is 2. The standard InChI is InChI=1S/C24H39BO5/c1-3-5-9-12-19(26)15-16-21-20(13-10-7-8-11-14-24(27)28)22-18-23(21)30-25(29-22)17-6-4-2/h5,7,9-10,15-16,19-23,26H,3-4,6,8,11-14,17-18H2,1-2H3,(H,27,28)/b9-5-,10-7-,16-15+/t19-,20+,21+,22-,23+/m0/s1. The number of allylic oxidation sites excluding steroid dienone is 3. The van der Waals surface area contributed by atoms with Crippen LogP contribution >= 0.6 is 0 Å². The Hall–Kier alpha value is -1.37. The summed E-state index contributed by atoms with van der Waals surface area (Å²) >= 11 is 0. The molecule has 6 heteroatoms. The highest BCUT2D eigenvalue weighted by molar-refractivity contribution is 6.44. The number of aliphatic hydroxyl groups excluding tert-OH is 1. The van der Waals surface area contributed by atoms with Gasteiger partial charge in [0, 0.05) is 18.4 Å². The quantitative estimate of drug-likeness (QED) is 0.231. The van der Waals surface area contributed by atoms with Gasteiger partial charge >= 0.3 is 13.1 Å². The first-order chi connectivity index (χ1) is 14.5. The topological polar surface area (TPSA) is 76.0 Å². The summed E-state index contributed by atoms with van der Waals surface area (Å²) in [5.74, 6) is -0.184. The van der Waals surface area contributed by atoms with Crippen LogP contribution in [-0.2, 0) is 14.1 Å². The average Bonchev–Trinajstić information content (AvgIpc) is 2.96. The van der Waals surface area contributed by atoms with E-state index < -0.39 is 12.1 Å². The first kappa shape index (κ1) is 24.9. The number of aliphatic carboxylic acids is 1. The highest BCUT2D eigenvalue weighted by Crippen LogP contribution is 2.44. The monoisotopic (exact) mass is 418 g/mol. The summed E-state index contributed by atoms with van der Waals surface area (Å²) in [4.78, 5) is 10.6. The van der Waals surface area contributed by atoms with Gasteiger partial charge in [-0.15, -0.1) is 0 Å². The minimum atomic E-state index is -0.741. The molecule has 1 saturated heterocycles. The van der Waals surface area contributed by atoms with Crippen LogP contribution in [0.2, 0.25) is 6.32 Å². The molecule has 5 atom stereocenters. The number of rotatable bonds is 14. The van der Waals surface area contributed by atoms with Crippen LogP contribution in [0.1, 0.15) is 71.6 Å². The fourth-order valence-corrected chi connectivity index (χ4v) is 4.37. The maximum atomic E-state index is 10.6. The van der Waals surface area contributed by atoms with Gasteiger partial charge in [-0.1, -0.05) is 63.1 Å². The molecule has 2 bridgehead atoms. The molecular weight excluding hydrogens is 379 g/mol. The van der Waals surface area contributed by atoms with E-state index in [0.29, 0.717) is 18.8 Å². The predicted molar refractivity (Wildman–Crippen MR) is 121 cm³/mol. The Morgan fingerprint density at radius 2 is 1.93 bits per heavy atom. The molecule has 1 aliphatic carbocycles. The van der Waals surface area contributed by atoms with Gasteiger partial charge in [-0.3, -0.25) is 4.79 Å².